The second kappa shape index (κ2) is 3.89. The van der Waals surface area contributed by atoms with E-state index in [-0.39, 0.29) is 5.91 Å². The normalized spacial score (nSPS) is 14.8. The fourth-order valence-corrected chi connectivity index (χ4v) is 1.63. The summed E-state index contributed by atoms with van der Waals surface area (Å²) in [5, 5.41) is 0. The molecular formula is C12H13NO3. The first-order chi connectivity index (χ1) is 7.67. The molecule has 0 atom stereocenters. The molecule has 0 spiro atoms. The van der Waals surface area contributed by atoms with E-state index in [4.69, 9.17) is 9.47 Å². The largest absolute Gasteiger partial charge is 0.493 e. The van der Waals surface area contributed by atoms with E-state index in [0.29, 0.717) is 23.6 Å². The highest BCUT2D eigenvalue weighted by molar-refractivity contribution is 6.13. The molecule has 2 rings (SSSR count). The Morgan fingerprint density at radius 3 is 2.44 bits per heavy atom. The van der Waals surface area contributed by atoms with Gasteiger partial charge in [-0.05, 0) is 12.1 Å². The molecule has 1 heterocycles. The number of carbonyl (C=O) groups excluding carboxylic acids is 1. The summed E-state index contributed by atoms with van der Waals surface area (Å²) in [6, 6.07) is 5.39. The molecule has 0 radical (unpaired) electrons. The van der Waals surface area contributed by atoms with E-state index in [9.17, 15) is 4.79 Å². The number of nitrogens with zero attached hydrogens (tertiary/aromatic N) is 1. The first-order valence-corrected chi connectivity index (χ1v) is 4.89. The monoisotopic (exact) mass is 219 g/mol. The molecule has 0 unspecified atom stereocenters. The lowest BCUT2D eigenvalue weighted by atomic mass is 10.1. The molecule has 0 bridgehead atoms. The average molecular weight is 219 g/mol. The lowest BCUT2D eigenvalue weighted by molar-refractivity contribution is -0.117. The maximum atomic E-state index is 11.5. The Balaban J connectivity index is 2.30. The quantitative estimate of drug-likeness (QED) is 0.572. The number of anilines is 1. The van der Waals surface area contributed by atoms with E-state index in [2.05, 4.69) is 6.58 Å². The predicted molar refractivity (Wildman–Crippen MR) is 61.0 cm³/mol. The molecule has 1 aromatic carbocycles. The Labute approximate surface area is 94.1 Å². The van der Waals surface area contributed by atoms with Crippen molar-refractivity contribution in [1.82, 2.24) is 0 Å². The van der Waals surface area contributed by atoms with Crippen LogP contribution in [0, 0.1) is 0 Å². The molecule has 1 aliphatic rings. The van der Waals surface area contributed by atoms with Crippen LogP contribution in [0.1, 0.15) is 0 Å². The SMILES string of the molecule is C=C1CN(c2ccc(OC)c(OC)c2)C1=O. The minimum Gasteiger partial charge on any atom is -0.493 e. The standard InChI is InChI=1S/C12H13NO3/c1-8-7-13(12(8)14)9-4-5-10(15-2)11(6-9)16-3/h4-6H,1,7H2,2-3H3. The van der Waals surface area contributed by atoms with E-state index in [1.165, 1.54) is 0 Å². The zero-order valence-electron chi connectivity index (χ0n) is 9.32. The maximum Gasteiger partial charge on any atom is 0.255 e. The molecule has 0 N–H and O–H groups in total. The summed E-state index contributed by atoms with van der Waals surface area (Å²) in [7, 11) is 3.15. The lowest BCUT2D eigenvalue weighted by Gasteiger charge is -2.32. The van der Waals surface area contributed by atoms with Gasteiger partial charge in [0.2, 0.25) is 0 Å². The number of ether oxygens (including phenoxy) is 2. The van der Waals surface area contributed by atoms with E-state index in [0.717, 1.165) is 5.69 Å². The van der Waals surface area contributed by atoms with Crippen molar-refractivity contribution in [2.75, 3.05) is 25.7 Å². The average Bonchev–Trinajstić information content (AvgIpc) is 2.34. The molecule has 4 heteroatoms. The van der Waals surface area contributed by atoms with Crippen LogP contribution in [0.5, 0.6) is 11.5 Å². The Morgan fingerprint density at radius 2 is 1.94 bits per heavy atom. The summed E-state index contributed by atoms with van der Waals surface area (Å²) in [5.41, 5.74) is 1.44. The van der Waals surface area contributed by atoms with Gasteiger partial charge in [0.1, 0.15) is 0 Å². The summed E-state index contributed by atoms with van der Waals surface area (Å²) < 4.78 is 10.3. The number of hydrogen-bond donors (Lipinski definition) is 0. The number of amides is 1. The van der Waals surface area contributed by atoms with Gasteiger partial charge in [0.15, 0.2) is 11.5 Å². The van der Waals surface area contributed by atoms with Crippen molar-refractivity contribution in [3.8, 4) is 11.5 Å². The van der Waals surface area contributed by atoms with Crippen molar-refractivity contribution in [2.24, 2.45) is 0 Å². The van der Waals surface area contributed by atoms with Crippen LogP contribution in [0.15, 0.2) is 30.4 Å². The number of hydrogen-bond acceptors (Lipinski definition) is 3. The van der Waals surface area contributed by atoms with Crippen LogP contribution in [0.3, 0.4) is 0 Å². The van der Waals surface area contributed by atoms with Gasteiger partial charge in [-0.2, -0.15) is 0 Å². The lowest BCUT2D eigenvalue weighted by Crippen LogP contribution is -2.45. The Bertz CT molecular complexity index is 454. The first-order valence-electron chi connectivity index (χ1n) is 4.89. The highest BCUT2D eigenvalue weighted by Gasteiger charge is 2.30. The van der Waals surface area contributed by atoms with Gasteiger partial charge in [-0.3, -0.25) is 4.79 Å². The highest BCUT2D eigenvalue weighted by atomic mass is 16.5. The van der Waals surface area contributed by atoms with Crippen LogP contribution >= 0.6 is 0 Å². The smallest absolute Gasteiger partial charge is 0.255 e. The first kappa shape index (κ1) is 10.5. The summed E-state index contributed by atoms with van der Waals surface area (Å²) in [6.45, 7) is 4.22. The van der Waals surface area contributed by atoms with E-state index >= 15 is 0 Å². The fraction of sp³-hybridized carbons (Fsp3) is 0.250. The number of rotatable bonds is 3. The zero-order chi connectivity index (χ0) is 11.7. The van der Waals surface area contributed by atoms with Gasteiger partial charge < -0.3 is 14.4 Å². The summed E-state index contributed by atoms with van der Waals surface area (Å²) in [4.78, 5) is 13.1. The molecular weight excluding hydrogens is 206 g/mol. The number of methoxy groups -OCH3 is 2. The molecule has 16 heavy (non-hydrogen) atoms. The van der Waals surface area contributed by atoms with Crippen LogP contribution < -0.4 is 14.4 Å². The molecule has 1 saturated heterocycles. The van der Waals surface area contributed by atoms with Crippen molar-refractivity contribution in [2.45, 2.75) is 0 Å². The summed E-state index contributed by atoms with van der Waals surface area (Å²) >= 11 is 0. The third-order valence-corrected chi connectivity index (χ3v) is 2.58. The van der Waals surface area contributed by atoms with Crippen LogP contribution in [0.25, 0.3) is 0 Å². The summed E-state index contributed by atoms with van der Waals surface area (Å²) in [5.74, 6) is 1.23. The molecule has 0 aliphatic carbocycles. The third-order valence-electron chi connectivity index (χ3n) is 2.58. The van der Waals surface area contributed by atoms with E-state index in [1.807, 2.05) is 6.07 Å². The topological polar surface area (TPSA) is 38.8 Å². The van der Waals surface area contributed by atoms with Gasteiger partial charge >= 0.3 is 0 Å². The molecule has 1 fully saturated rings. The van der Waals surface area contributed by atoms with E-state index in [1.54, 1.807) is 31.3 Å². The van der Waals surface area contributed by atoms with Crippen LogP contribution in [0.4, 0.5) is 5.69 Å². The van der Waals surface area contributed by atoms with E-state index < -0.39 is 0 Å². The number of benzene rings is 1. The van der Waals surface area contributed by atoms with Crippen LogP contribution in [-0.2, 0) is 4.79 Å². The second-order valence-electron chi connectivity index (χ2n) is 3.53. The molecule has 84 valence electrons. The maximum absolute atomic E-state index is 11.5. The minimum atomic E-state index is -0.0350. The van der Waals surface area contributed by atoms with Gasteiger partial charge in [-0.25, -0.2) is 0 Å². The zero-order valence-corrected chi connectivity index (χ0v) is 9.32. The van der Waals surface area contributed by atoms with Gasteiger partial charge in [0.05, 0.1) is 20.8 Å². The Kier molecular flexibility index (Phi) is 2.56. The number of carbonyl (C=O) groups is 1. The fourth-order valence-electron chi connectivity index (χ4n) is 1.63. The predicted octanol–water partition coefficient (Wildman–Crippen LogP) is 1.61. The Morgan fingerprint density at radius 1 is 1.25 bits per heavy atom. The highest BCUT2D eigenvalue weighted by Crippen LogP contribution is 2.34. The minimum absolute atomic E-state index is 0.0350. The Hall–Kier alpha value is -1.97. The van der Waals surface area contributed by atoms with Crippen molar-refractivity contribution < 1.29 is 14.3 Å². The van der Waals surface area contributed by atoms with Crippen molar-refractivity contribution in [1.29, 1.82) is 0 Å². The second-order valence-corrected chi connectivity index (χ2v) is 3.53. The molecule has 0 saturated carbocycles. The molecule has 1 amide bonds. The third kappa shape index (κ3) is 1.52. The molecule has 1 aromatic rings. The summed E-state index contributed by atoms with van der Waals surface area (Å²) in [6.07, 6.45) is 0. The van der Waals surface area contributed by atoms with Crippen molar-refractivity contribution in [3.63, 3.8) is 0 Å². The van der Waals surface area contributed by atoms with Crippen LogP contribution in [-0.4, -0.2) is 26.7 Å². The van der Waals surface area contributed by atoms with Gasteiger partial charge in [-0.15, -0.1) is 0 Å². The van der Waals surface area contributed by atoms with Crippen molar-refractivity contribution >= 4 is 11.6 Å². The molecule has 4 nitrogen and oxygen atoms in total. The number of β-lactam (4-membered cyclic amide) rings is 1. The van der Waals surface area contributed by atoms with Crippen molar-refractivity contribution in [3.05, 3.63) is 30.4 Å². The molecule has 0 aromatic heterocycles. The molecule has 1 aliphatic heterocycles. The van der Waals surface area contributed by atoms with Gasteiger partial charge in [0, 0.05) is 17.3 Å². The van der Waals surface area contributed by atoms with Gasteiger partial charge in [0.25, 0.3) is 5.91 Å². The van der Waals surface area contributed by atoms with Gasteiger partial charge in [-0.1, -0.05) is 6.58 Å². The van der Waals surface area contributed by atoms with Crippen LogP contribution in [0.2, 0.25) is 0 Å².